The minimum absolute atomic E-state index is 0.0298. The molecule has 0 spiro atoms. The Hall–Kier alpha value is -3.02. The van der Waals surface area contributed by atoms with Crippen molar-refractivity contribution in [3.05, 3.63) is 94.5 Å². The predicted molar refractivity (Wildman–Crippen MR) is 133 cm³/mol. The van der Waals surface area contributed by atoms with E-state index in [0.717, 1.165) is 23.4 Å². The fraction of sp³-hybridized carbons (Fsp3) is 0.200. The summed E-state index contributed by atoms with van der Waals surface area (Å²) in [5.74, 6) is 0.832. The van der Waals surface area contributed by atoms with Crippen molar-refractivity contribution in [2.24, 2.45) is 0 Å². The van der Waals surface area contributed by atoms with Crippen LogP contribution in [0.3, 0.4) is 0 Å². The fourth-order valence-corrected chi connectivity index (χ4v) is 5.82. The van der Waals surface area contributed by atoms with Crippen molar-refractivity contribution in [1.82, 2.24) is 5.32 Å². The highest BCUT2D eigenvalue weighted by Gasteiger charge is 2.25. The second-order valence-electron chi connectivity index (χ2n) is 8.33. The number of benzene rings is 3. The largest absolute Gasteiger partial charge is 0.491 e. The van der Waals surface area contributed by atoms with E-state index >= 15 is 0 Å². The summed E-state index contributed by atoms with van der Waals surface area (Å²) in [5.41, 5.74) is 4.49. The Morgan fingerprint density at radius 3 is 2.37 bits per heavy atom. The fourth-order valence-electron chi connectivity index (χ4n) is 3.95. The van der Waals surface area contributed by atoms with Gasteiger partial charge in [-0.15, -0.1) is 3.63 Å². The van der Waals surface area contributed by atoms with Crippen LogP contribution in [0.1, 0.15) is 47.7 Å². The van der Waals surface area contributed by atoms with Gasteiger partial charge in [0.2, 0.25) is 0 Å². The summed E-state index contributed by atoms with van der Waals surface area (Å²) in [5, 5.41) is 3.52. The molecule has 0 radical (unpaired) electrons. The molecule has 0 fully saturated rings. The molecule has 0 saturated heterocycles. The molecule has 1 aliphatic heterocycles. The van der Waals surface area contributed by atoms with Crippen LogP contribution in [0.2, 0.25) is 0 Å². The van der Waals surface area contributed by atoms with Crippen molar-refractivity contribution in [1.29, 1.82) is 0 Å². The molecule has 2 N–H and O–H groups in total. The molecule has 4 rings (SSSR count). The summed E-state index contributed by atoms with van der Waals surface area (Å²) in [7, 11) is -9.90. The van der Waals surface area contributed by atoms with Crippen molar-refractivity contribution in [3.8, 4) is 5.75 Å². The average Bonchev–Trinajstić information content (AvgIpc) is 3.19. The van der Waals surface area contributed by atoms with Crippen molar-refractivity contribution in [2.45, 2.75) is 37.4 Å². The van der Waals surface area contributed by atoms with Crippen LogP contribution in [0.4, 0.5) is 0 Å². The van der Waals surface area contributed by atoms with E-state index in [1.807, 2.05) is 44.2 Å². The van der Waals surface area contributed by atoms with Gasteiger partial charge in [0.25, 0.3) is 0 Å². The highest BCUT2D eigenvalue weighted by molar-refractivity contribution is 7.97. The third-order valence-corrected chi connectivity index (χ3v) is 7.70. The first-order valence-corrected chi connectivity index (χ1v) is 13.6. The van der Waals surface area contributed by atoms with Gasteiger partial charge in [-0.1, -0.05) is 60.7 Å². The zero-order valence-corrected chi connectivity index (χ0v) is 20.7. The quantitative estimate of drug-likeness (QED) is 0.336. The van der Waals surface area contributed by atoms with Crippen molar-refractivity contribution in [2.75, 3.05) is 0 Å². The molecule has 1 atom stereocenters. The molecule has 3 aromatic rings. The second kappa shape index (κ2) is 9.92. The lowest BCUT2D eigenvalue weighted by Gasteiger charge is -2.15. The zero-order valence-electron chi connectivity index (χ0n) is 19.1. The number of hydrogen-bond donors (Lipinski definition) is 2. The summed E-state index contributed by atoms with van der Waals surface area (Å²) >= 11 is 0. The number of rotatable bonds is 8. The van der Waals surface area contributed by atoms with Crippen molar-refractivity contribution < 1.29 is 29.8 Å². The summed E-state index contributed by atoms with van der Waals surface area (Å²) in [6.45, 7) is 4.75. The van der Waals surface area contributed by atoms with Crippen LogP contribution < -0.4 is 10.1 Å². The van der Waals surface area contributed by atoms with Gasteiger partial charge < -0.3 is 10.1 Å². The average molecular weight is 516 g/mol. The van der Waals surface area contributed by atoms with E-state index in [0.29, 0.717) is 0 Å². The Bertz CT molecular complexity index is 1460. The second-order valence-corrected chi connectivity index (χ2v) is 11.1. The Morgan fingerprint density at radius 1 is 0.971 bits per heavy atom. The highest BCUT2D eigenvalue weighted by Crippen LogP contribution is 2.34. The summed E-state index contributed by atoms with van der Waals surface area (Å²) in [4.78, 5) is -0.378. The van der Waals surface area contributed by atoms with Crippen molar-refractivity contribution >= 4 is 32.7 Å². The number of nitrogens with one attached hydrogen (secondary N) is 1. The lowest BCUT2D eigenvalue weighted by Crippen LogP contribution is -2.13. The Morgan fingerprint density at radius 2 is 1.69 bits per heavy atom. The summed E-state index contributed by atoms with van der Waals surface area (Å²) in [6, 6.07) is 19.7. The van der Waals surface area contributed by atoms with E-state index in [1.165, 1.54) is 35.4 Å². The third kappa shape index (κ3) is 6.16. The molecule has 10 heteroatoms. The first kappa shape index (κ1) is 25.1. The number of ether oxygens (including phenoxy) is 1. The molecule has 1 aliphatic rings. The van der Waals surface area contributed by atoms with Crippen LogP contribution in [0.15, 0.2) is 71.6 Å². The predicted octanol–water partition coefficient (Wildman–Crippen LogP) is 4.34. The lowest BCUT2D eigenvalue weighted by atomic mass is 9.97. The minimum atomic E-state index is -5.18. The SMILES string of the molecule is CC(C)Oc1ccc2c(c1)C(c1ccc(C=Cc3ccccc3S(=O)(=O)OS(=O)(=O)O)cc1)NC2. The summed E-state index contributed by atoms with van der Waals surface area (Å²) in [6.07, 6.45) is 3.33. The molecule has 0 aliphatic carbocycles. The van der Waals surface area contributed by atoms with Gasteiger partial charge in [-0.3, -0.25) is 4.55 Å². The van der Waals surface area contributed by atoms with Crippen LogP contribution in [0.5, 0.6) is 5.75 Å². The number of fused-ring (bicyclic) bond motifs is 1. The number of hydrogen-bond acceptors (Lipinski definition) is 7. The smallest absolute Gasteiger partial charge is 0.412 e. The molecule has 3 aromatic carbocycles. The van der Waals surface area contributed by atoms with Gasteiger partial charge in [0.1, 0.15) is 10.6 Å². The topological polar surface area (TPSA) is 119 Å². The molecule has 0 aromatic heterocycles. The normalized spacial score (nSPS) is 16.1. The first-order chi connectivity index (χ1) is 16.5. The van der Waals surface area contributed by atoms with Gasteiger partial charge in [-0.25, -0.2) is 0 Å². The van der Waals surface area contributed by atoms with Gasteiger partial charge >= 0.3 is 20.5 Å². The van der Waals surface area contributed by atoms with E-state index in [2.05, 4.69) is 21.1 Å². The van der Waals surface area contributed by atoms with Gasteiger partial charge in [0, 0.05) is 6.54 Å². The molecule has 1 heterocycles. The summed E-state index contributed by atoms with van der Waals surface area (Å²) < 4.78 is 64.8. The van der Waals surface area contributed by atoms with Gasteiger partial charge in [-0.2, -0.15) is 16.8 Å². The molecular formula is C25H25NO7S2. The molecule has 0 bridgehead atoms. The molecular weight excluding hydrogens is 490 g/mol. The van der Waals surface area contributed by atoms with Crippen LogP contribution in [-0.2, 0) is 30.7 Å². The molecule has 1 unspecified atom stereocenters. The molecule has 8 nitrogen and oxygen atoms in total. The monoisotopic (exact) mass is 515 g/mol. The van der Waals surface area contributed by atoms with E-state index in [-0.39, 0.29) is 22.6 Å². The van der Waals surface area contributed by atoms with Crippen LogP contribution in [0, 0.1) is 0 Å². The molecule has 184 valence electrons. The first-order valence-electron chi connectivity index (χ1n) is 10.9. The van der Waals surface area contributed by atoms with Crippen LogP contribution in [-0.4, -0.2) is 27.5 Å². The maximum atomic E-state index is 12.2. The standard InChI is InChI=1S/C25H25NO7S2/c1-17(2)32-22-14-13-21-16-26-25(23(21)15-22)20-11-8-18(9-12-20)7-10-19-5-3-4-6-24(19)34(27,28)33-35(29,30)31/h3-15,17,25-26H,16H2,1-2H3,(H,29,30,31). The van der Waals surface area contributed by atoms with E-state index in [9.17, 15) is 16.8 Å². The van der Waals surface area contributed by atoms with E-state index in [1.54, 1.807) is 12.1 Å². The molecule has 0 saturated carbocycles. The van der Waals surface area contributed by atoms with Crippen LogP contribution in [0.25, 0.3) is 12.2 Å². The van der Waals surface area contributed by atoms with Gasteiger partial charge in [-0.05, 0) is 59.9 Å². The molecule has 0 amide bonds. The maximum absolute atomic E-state index is 12.2. The minimum Gasteiger partial charge on any atom is -0.491 e. The van der Waals surface area contributed by atoms with Gasteiger partial charge in [0.15, 0.2) is 0 Å². The maximum Gasteiger partial charge on any atom is 0.412 e. The molecule has 35 heavy (non-hydrogen) atoms. The zero-order chi connectivity index (χ0) is 25.2. The van der Waals surface area contributed by atoms with E-state index < -0.39 is 20.5 Å². The Labute approximate surface area is 205 Å². The van der Waals surface area contributed by atoms with E-state index in [4.69, 9.17) is 9.29 Å². The van der Waals surface area contributed by atoms with Crippen LogP contribution >= 0.6 is 0 Å². The van der Waals surface area contributed by atoms with Crippen molar-refractivity contribution in [3.63, 3.8) is 0 Å². The highest BCUT2D eigenvalue weighted by atomic mass is 32.3. The Kier molecular flexibility index (Phi) is 7.11. The lowest BCUT2D eigenvalue weighted by molar-refractivity contribution is 0.242. The third-order valence-electron chi connectivity index (χ3n) is 5.39. The Balaban J connectivity index is 1.55. The van der Waals surface area contributed by atoms with Gasteiger partial charge in [0.05, 0.1) is 12.1 Å².